The van der Waals surface area contributed by atoms with Gasteiger partial charge in [-0.25, -0.2) is 0 Å². The van der Waals surface area contributed by atoms with Crippen LogP contribution < -0.4 is 0 Å². The lowest BCUT2D eigenvalue weighted by atomic mass is 9.90. The lowest BCUT2D eigenvalue weighted by Gasteiger charge is -2.14. The van der Waals surface area contributed by atoms with Crippen LogP contribution >= 0.6 is 0 Å². The van der Waals surface area contributed by atoms with Crippen LogP contribution in [0.3, 0.4) is 0 Å². The van der Waals surface area contributed by atoms with Crippen molar-refractivity contribution in [2.24, 2.45) is 5.18 Å². The highest BCUT2D eigenvalue weighted by molar-refractivity contribution is 5.81. The Morgan fingerprint density at radius 1 is 0.920 bits per heavy atom. The van der Waals surface area contributed by atoms with E-state index in [0.717, 1.165) is 41.6 Å². The molecule has 0 N–H and O–H groups in total. The second kappa shape index (κ2) is 7.43. The van der Waals surface area contributed by atoms with Crippen molar-refractivity contribution in [3.8, 4) is 22.4 Å². The van der Waals surface area contributed by atoms with Crippen LogP contribution in [0.5, 0.6) is 0 Å². The molecule has 1 aromatic heterocycles. The Balaban J connectivity index is 2.11. The van der Waals surface area contributed by atoms with E-state index in [1.807, 2.05) is 12.1 Å². The molecular formula is C21H22N2O2. The van der Waals surface area contributed by atoms with Crippen LogP contribution in [0.1, 0.15) is 37.5 Å². The zero-order valence-corrected chi connectivity index (χ0v) is 14.9. The van der Waals surface area contributed by atoms with Gasteiger partial charge in [0.05, 0.1) is 0 Å². The Hall–Kier alpha value is -2.75. The van der Waals surface area contributed by atoms with E-state index in [-0.39, 0.29) is 0 Å². The smallest absolute Gasteiger partial charge is 0.132 e. The van der Waals surface area contributed by atoms with Crippen LogP contribution in [-0.2, 0) is 19.3 Å². The predicted octanol–water partition coefficient (Wildman–Crippen LogP) is 6.09. The van der Waals surface area contributed by atoms with Gasteiger partial charge in [-0.15, -0.1) is 4.91 Å². The molecule has 0 amide bonds. The molecule has 0 spiro atoms. The molecule has 0 aliphatic carbocycles. The third-order valence-electron chi connectivity index (χ3n) is 4.68. The van der Waals surface area contributed by atoms with E-state index in [2.05, 4.69) is 43.2 Å². The normalized spacial score (nSPS) is 10.8. The molecule has 0 saturated heterocycles. The van der Waals surface area contributed by atoms with Crippen LogP contribution in [0.15, 0.2) is 52.4 Å². The lowest BCUT2D eigenvalue weighted by molar-refractivity contribution is 0.422. The molecule has 2 aromatic carbocycles. The third kappa shape index (κ3) is 3.25. The van der Waals surface area contributed by atoms with Gasteiger partial charge in [0.25, 0.3) is 0 Å². The summed E-state index contributed by atoms with van der Waals surface area (Å²) in [6, 6.07) is 11.6. The van der Waals surface area contributed by atoms with Crippen LogP contribution in [0.2, 0.25) is 0 Å². The van der Waals surface area contributed by atoms with E-state index in [0.29, 0.717) is 5.69 Å². The van der Waals surface area contributed by atoms with Crippen LogP contribution in [0, 0.1) is 4.91 Å². The van der Waals surface area contributed by atoms with E-state index >= 15 is 0 Å². The number of benzene rings is 2. The molecule has 0 aliphatic rings. The minimum absolute atomic E-state index is 0.413. The molecule has 4 nitrogen and oxygen atoms in total. The number of hydrogen-bond donors (Lipinski definition) is 0. The van der Waals surface area contributed by atoms with E-state index in [4.69, 9.17) is 4.52 Å². The van der Waals surface area contributed by atoms with Gasteiger partial charge in [-0.2, -0.15) is 0 Å². The Labute approximate surface area is 147 Å². The fourth-order valence-corrected chi connectivity index (χ4v) is 3.37. The van der Waals surface area contributed by atoms with Crippen molar-refractivity contribution in [1.82, 2.24) is 5.16 Å². The van der Waals surface area contributed by atoms with Crippen molar-refractivity contribution in [2.75, 3.05) is 0 Å². The van der Waals surface area contributed by atoms with E-state index in [9.17, 15) is 4.91 Å². The Morgan fingerprint density at radius 3 is 2.08 bits per heavy atom. The van der Waals surface area contributed by atoms with Crippen molar-refractivity contribution < 1.29 is 4.52 Å². The van der Waals surface area contributed by atoms with Gasteiger partial charge < -0.3 is 4.52 Å². The van der Waals surface area contributed by atoms with Crippen LogP contribution in [0.4, 0.5) is 5.69 Å². The van der Waals surface area contributed by atoms with E-state index in [1.54, 1.807) is 18.4 Å². The average molecular weight is 334 g/mol. The molecule has 1 heterocycles. The maximum absolute atomic E-state index is 10.6. The Bertz CT molecular complexity index is 854. The summed E-state index contributed by atoms with van der Waals surface area (Å²) in [6.45, 7) is 6.58. The molecule has 0 unspecified atom stereocenters. The summed E-state index contributed by atoms with van der Waals surface area (Å²) in [4.78, 5) is 10.6. The van der Waals surface area contributed by atoms with Crippen molar-refractivity contribution >= 4 is 5.69 Å². The first-order valence-corrected chi connectivity index (χ1v) is 8.74. The molecular weight excluding hydrogens is 312 g/mol. The van der Waals surface area contributed by atoms with Gasteiger partial charge in [-0.3, -0.25) is 0 Å². The first kappa shape index (κ1) is 17.1. The highest BCUT2D eigenvalue weighted by Gasteiger charge is 2.16. The summed E-state index contributed by atoms with van der Waals surface area (Å²) in [6.07, 6.45) is 4.69. The highest BCUT2D eigenvalue weighted by atomic mass is 16.5. The number of aromatic nitrogens is 1. The largest absolute Gasteiger partial charge is 0.363 e. The standard InChI is InChI=1S/C21H22N2O2/c1-4-14-11-17(12-15(5-2)19(14)6-3)21-20(13-25-23-21)16-7-9-18(22-24)10-8-16/h7-13H,4-6H2,1-3H3. The number of nitrogens with zero attached hydrogens (tertiary/aromatic N) is 2. The monoisotopic (exact) mass is 334 g/mol. The fourth-order valence-electron chi connectivity index (χ4n) is 3.37. The maximum atomic E-state index is 10.6. The van der Waals surface area contributed by atoms with E-state index < -0.39 is 0 Å². The van der Waals surface area contributed by atoms with Gasteiger partial charge >= 0.3 is 0 Å². The average Bonchev–Trinajstić information content (AvgIpc) is 3.16. The zero-order chi connectivity index (χ0) is 17.8. The van der Waals surface area contributed by atoms with Gasteiger partial charge in [-0.05, 0) is 71.0 Å². The maximum Gasteiger partial charge on any atom is 0.132 e. The lowest BCUT2D eigenvalue weighted by Crippen LogP contribution is -1.99. The molecule has 128 valence electrons. The number of rotatable bonds is 6. The molecule has 0 bridgehead atoms. The summed E-state index contributed by atoms with van der Waals surface area (Å²) in [7, 11) is 0. The minimum Gasteiger partial charge on any atom is -0.363 e. The van der Waals surface area contributed by atoms with Gasteiger partial charge in [0.2, 0.25) is 0 Å². The molecule has 0 radical (unpaired) electrons. The third-order valence-corrected chi connectivity index (χ3v) is 4.68. The first-order chi connectivity index (χ1) is 12.2. The van der Waals surface area contributed by atoms with Crippen molar-refractivity contribution in [3.63, 3.8) is 0 Å². The van der Waals surface area contributed by atoms with Crippen LogP contribution in [-0.4, -0.2) is 5.16 Å². The quantitative estimate of drug-likeness (QED) is 0.512. The molecule has 0 aliphatic heterocycles. The second-order valence-electron chi connectivity index (χ2n) is 6.05. The van der Waals surface area contributed by atoms with Crippen molar-refractivity contribution in [3.05, 3.63) is 64.3 Å². The number of aryl methyl sites for hydroxylation is 2. The second-order valence-corrected chi connectivity index (χ2v) is 6.05. The number of nitroso groups, excluding NO2 is 1. The first-order valence-electron chi connectivity index (χ1n) is 8.74. The molecule has 3 aromatic rings. The van der Waals surface area contributed by atoms with Crippen molar-refractivity contribution in [1.29, 1.82) is 0 Å². The van der Waals surface area contributed by atoms with Gasteiger partial charge in [-0.1, -0.05) is 38.1 Å². The molecule has 4 heteroatoms. The Morgan fingerprint density at radius 2 is 1.56 bits per heavy atom. The summed E-state index contributed by atoms with van der Waals surface area (Å²) < 4.78 is 5.28. The van der Waals surface area contributed by atoms with Crippen LogP contribution in [0.25, 0.3) is 22.4 Å². The summed E-state index contributed by atoms with van der Waals surface area (Å²) in [5, 5.41) is 7.20. The molecule has 25 heavy (non-hydrogen) atoms. The molecule has 0 atom stereocenters. The van der Waals surface area contributed by atoms with Crippen molar-refractivity contribution in [2.45, 2.75) is 40.0 Å². The topological polar surface area (TPSA) is 55.5 Å². The molecule has 3 rings (SSSR count). The SMILES string of the molecule is CCc1cc(-c2nocc2-c2ccc(N=O)cc2)cc(CC)c1CC. The van der Waals surface area contributed by atoms with E-state index in [1.165, 1.54) is 16.7 Å². The summed E-state index contributed by atoms with van der Waals surface area (Å²) >= 11 is 0. The molecule has 0 saturated carbocycles. The Kier molecular flexibility index (Phi) is 5.08. The minimum atomic E-state index is 0.413. The number of hydrogen-bond acceptors (Lipinski definition) is 4. The predicted molar refractivity (Wildman–Crippen MR) is 101 cm³/mol. The zero-order valence-electron chi connectivity index (χ0n) is 14.9. The molecule has 0 fully saturated rings. The van der Waals surface area contributed by atoms with Gasteiger partial charge in [0.15, 0.2) is 0 Å². The summed E-state index contributed by atoms with van der Waals surface area (Å²) in [5.41, 5.74) is 8.38. The fraction of sp³-hybridized carbons (Fsp3) is 0.286. The van der Waals surface area contributed by atoms with Gasteiger partial charge in [0.1, 0.15) is 17.6 Å². The highest BCUT2D eigenvalue weighted by Crippen LogP contribution is 2.34. The summed E-state index contributed by atoms with van der Waals surface area (Å²) in [5.74, 6) is 0. The van der Waals surface area contributed by atoms with Gasteiger partial charge in [0, 0.05) is 11.1 Å².